The van der Waals surface area contributed by atoms with Crippen molar-refractivity contribution in [1.29, 1.82) is 0 Å². The number of aryl methyl sites for hydroxylation is 3. The highest BCUT2D eigenvalue weighted by atomic mass is 35.5. The van der Waals surface area contributed by atoms with Crippen molar-refractivity contribution in [3.05, 3.63) is 28.3 Å². The van der Waals surface area contributed by atoms with E-state index in [0.29, 0.717) is 17.6 Å². The highest BCUT2D eigenvalue weighted by Crippen LogP contribution is 2.21. The fraction of sp³-hybridized carbons (Fsp3) is 0.364. The normalized spacial score (nSPS) is 10.4. The second kappa shape index (κ2) is 4.22. The summed E-state index contributed by atoms with van der Waals surface area (Å²) in [5.41, 5.74) is 8.40. The Morgan fingerprint density at radius 2 is 2.00 bits per heavy atom. The zero-order chi connectivity index (χ0) is 11.2. The van der Waals surface area contributed by atoms with Gasteiger partial charge in [0.15, 0.2) is 0 Å². The average Bonchev–Trinajstić information content (AvgIpc) is 2.48. The van der Waals surface area contributed by atoms with Crippen molar-refractivity contribution < 1.29 is 0 Å². The summed E-state index contributed by atoms with van der Waals surface area (Å²) in [5.74, 6) is 0. The summed E-state index contributed by atoms with van der Waals surface area (Å²) in [6.07, 6.45) is 3.67. The zero-order valence-corrected chi connectivity index (χ0v) is 10.5. The summed E-state index contributed by atoms with van der Waals surface area (Å²) in [6.45, 7) is 4.61. The van der Waals surface area contributed by atoms with E-state index >= 15 is 0 Å². The van der Waals surface area contributed by atoms with Crippen molar-refractivity contribution >= 4 is 29.0 Å². The molecule has 2 N–H and O–H groups in total. The number of nitrogen functional groups attached to an aromatic ring is 1. The van der Waals surface area contributed by atoms with Gasteiger partial charge in [0.05, 0.1) is 16.6 Å². The van der Waals surface area contributed by atoms with Crippen LogP contribution in [0.1, 0.15) is 12.5 Å². The van der Waals surface area contributed by atoms with Crippen LogP contribution in [0.3, 0.4) is 0 Å². The van der Waals surface area contributed by atoms with E-state index in [4.69, 9.17) is 5.73 Å². The molecule has 16 heavy (non-hydrogen) atoms. The number of anilines is 1. The molecule has 0 fully saturated rings. The van der Waals surface area contributed by atoms with Gasteiger partial charge in [-0.2, -0.15) is 0 Å². The smallest absolute Gasteiger partial charge is 0.262 e. The molecule has 5 heteroatoms. The number of rotatable bonds is 1. The second-order valence-electron chi connectivity index (χ2n) is 3.82. The van der Waals surface area contributed by atoms with Crippen molar-refractivity contribution in [2.75, 3.05) is 5.73 Å². The molecular weight excluding hydrogens is 226 g/mol. The SMILES string of the molecule is CCn1cc(C)c2c(c(N)cn2C)c1=O.Cl. The maximum atomic E-state index is 12.0. The van der Waals surface area contributed by atoms with E-state index in [2.05, 4.69) is 0 Å². The minimum absolute atomic E-state index is 0. The van der Waals surface area contributed by atoms with E-state index in [1.165, 1.54) is 0 Å². The predicted octanol–water partition coefficient (Wildman–Crippen LogP) is 1.67. The maximum Gasteiger partial charge on any atom is 0.262 e. The topological polar surface area (TPSA) is 52.9 Å². The van der Waals surface area contributed by atoms with Gasteiger partial charge in [0, 0.05) is 26.0 Å². The van der Waals surface area contributed by atoms with E-state index in [9.17, 15) is 4.79 Å². The first-order valence-corrected chi connectivity index (χ1v) is 5.00. The van der Waals surface area contributed by atoms with Gasteiger partial charge in [0.1, 0.15) is 0 Å². The van der Waals surface area contributed by atoms with Crippen LogP contribution >= 0.6 is 12.4 Å². The number of nitrogens with two attached hydrogens (primary N) is 1. The molecular formula is C11H16ClN3O. The van der Waals surface area contributed by atoms with Crippen LogP contribution in [0, 0.1) is 6.92 Å². The molecule has 0 amide bonds. The number of fused-ring (bicyclic) bond motifs is 1. The molecule has 0 aliphatic heterocycles. The summed E-state index contributed by atoms with van der Waals surface area (Å²) in [4.78, 5) is 12.0. The van der Waals surface area contributed by atoms with E-state index in [-0.39, 0.29) is 18.0 Å². The van der Waals surface area contributed by atoms with Gasteiger partial charge < -0.3 is 14.9 Å². The summed E-state index contributed by atoms with van der Waals surface area (Å²) in [5, 5.41) is 0.638. The van der Waals surface area contributed by atoms with Gasteiger partial charge in [-0.05, 0) is 19.4 Å². The van der Waals surface area contributed by atoms with Gasteiger partial charge in [-0.3, -0.25) is 4.79 Å². The van der Waals surface area contributed by atoms with Crippen LogP contribution in [0.15, 0.2) is 17.2 Å². The van der Waals surface area contributed by atoms with E-state index in [1.54, 1.807) is 10.8 Å². The van der Waals surface area contributed by atoms with Gasteiger partial charge in [-0.15, -0.1) is 12.4 Å². The number of hydrogen-bond acceptors (Lipinski definition) is 2. The lowest BCUT2D eigenvalue weighted by molar-refractivity contribution is 0.730. The number of halogens is 1. The Bertz CT molecular complexity index is 583. The lowest BCUT2D eigenvalue weighted by Gasteiger charge is -2.06. The molecule has 0 spiro atoms. The van der Waals surface area contributed by atoms with Crippen LogP contribution in [0.4, 0.5) is 5.69 Å². The molecule has 0 saturated heterocycles. The highest BCUT2D eigenvalue weighted by Gasteiger charge is 2.12. The quantitative estimate of drug-likeness (QED) is 0.826. The summed E-state index contributed by atoms with van der Waals surface area (Å²) < 4.78 is 3.59. The zero-order valence-electron chi connectivity index (χ0n) is 9.65. The predicted molar refractivity (Wildman–Crippen MR) is 69.3 cm³/mol. The molecule has 0 radical (unpaired) electrons. The molecule has 0 aliphatic carbocycles. The van der Waals surface area contributed by atoms with Gasteiger partial charge in [0.2, 0.25) is 0 Å². The number of hydrogen-bond donors (Lipinski definition) is 1. The monoisotopic (exact) mass is 241 g/mol. The minimum Gasteiger partial charge on any atom is -0.397 e. The van der Waals surface area contributed by atoms with E-state index in [0.717, 1.165) is 11.1 Å². The Morgan fingerprint density at radius 3 is 2.56 bits per heavy atom. The molecule has 2 aromatic heterocycles. The third kappa shape index (κ3) is 1.59. The molecule has 0 aromatic carbocycles. The lowest BCUT2D eigenvalue weighted by atomic mass is 10.2. The van der Waals surface area contributed by atoms with Crippen LogP contribution in [0.25, 0.3) is 10.9 Å². The summed E-state index contributed by atoms with van der Waals surface area (Å²) in [6, 6.07) is 0. The van der Waals surface area contributed by atoms with Crippen molar-refractivity contribution in [3.8, 4) is 0 Å². The van der Waals surface area contributed by atoms with Crippen molar-refractivity contribution in [1.82, 2.24) is 9.13 Å². The Morgan fingerprint density at radius 1 is 1.38 bits per heavy atom. The number of aromatic nitrogens is 2. The van der Waals surface area contributed by atoms with Crippen LogP contribution in [0.2, 0.25) is 0 Å². The van der Waals surface area contributed by atoms with Crippen molar-refractivity contribution in [2.45, 2.75) is 20.4 Å². The fourth-order valence-corrected chi connectivity index (χ4v) is 2.08. The number of nitrogens with zero attached hydrogens (tertiary/aromatic N) is 2. The van der Waals surface area contributed by atoms with Gasteiger partial charge in [-0.1, -0.05) is 0 Å². The molecule has 4 nitrogen and oxygen atoms in total. The molecule has 0 aliphatic rings. The Hall–Kier alpha value is -1.42. The average molecular weight is 242 g/mol. The Kier molecular flexibility index (Phi) is 3.33. The fourth-order valence-electron chi connectivity index (χ4n) is 2.08. The molecule has 2 rings (SSSR count). The molecule has 88 valence electrons. The van der Waals surface area contributed by atoms with E-state index in [1.807, 2.05) is 31.7 Å². The highest BCUT2D eigenvalue weighted by molar-refractivity contribution is 5.92. The molecule has 0 saturated carbocycles. The van der Waals surface area contributed by atoms with Crippen LogP contribution in [-0.2, 0) is 13.6 Å². The van der Waals surface area contributed by atoms with Crippen molar-refractivity contribution in [3.63, 3.8) is 0 Å². The third-order valence-electron chi connectivity index (χ3n) is 2.75. The largest absolute Gasteiger partial charge is 0.397 e. The molecule has 0 unspecified atom stereocenters. The first-order valence-electron chi connectivity index (χ1n) is 5.00. The first kappa shape index (κ1) is 12.6. The lowest BCUT2D eigenvalue weighted by Crippen LogP contribution is -2.19. The molecule has 0 atom stereocenters. The standard InChI is InChI=1S/C11H15N3O.ClH/c1-4-14-5-7(2)10-9(11(14)15)8(12)6-13(10)3;/h5-6H,4,12H2,1-3H3;1H. The van der Waals surface area contributed by atoms with Crippen LogP contribution in [-0.4, -0.2) is 9.13 Å². The Labute approximate surface area is 100 Å². The van der Waals surface area contributed by atoms with Gasteiger partial charge >= 0.3 is 0 Å². The third-order valence-corrected chi connectivity index (χ3v) is 2.75. The minimum atomic E-state index is -0.00352. The molecule has 2 aromatic rings. The maximum absolute atomic E-state index is 12.0. The van der Waals surface area contributed by atoms with Gasteiger partial charge in [0.25, 0.3) is 5.56 Å². The first-order chi connectivity index (χ1) is 7.06. The van der Waals surface area contributed by atoms with E-state index < -0.39 is 0 Å². The van der Waals surface area contributed by atoms with Crippen molar-refractivity contribution in [2.24, 2.45) is 7.05 Å². The summed E-state index contributed by atoms with van der Waals surface area (Å²) in [7, 11) is 1.90. The van der Waals surface area contributed by atoms with Crippen LogP contribution < -0.4 is 11.3 Å². The van der Waals surface area contributed by atoms with Gasteiger partial charge in [-0.25, -0.2) is 0 Å². The Balaban J connectivity index is 0.00000128. The summed E-state index contributed by atoms with van der Waals surface area (Å²) >= 11 is 0. The second-order valence-corrected chi connectivity index (χ2v) is 3.82. The van der Waals surface area contributed by atoms with Crippen LogP contribution in [0.5, 0.6) is 0 Å². The molecule has 0 bridgehead atoms. The number of pyridine rings is 1. The molecule has 2 heterocycles.